The third-order valence-corrected chi connectivity index (χ3v) is 3.78. The molecule has 0 radical (unpaired) electrons. The first-order valence-electron chi connectivity index (χ1n) is 6.50. The smallest absolute Gasteiger partial charge is 0.150 e. The van der Waals surface area contributed by atoms with E-state index < -0.39 is 0 Å². The summed E-state index contributed by atoms with van der Waals surface area (Å²) in [5, 5.41) is 13.0. The van der Waals surface area contributed by atoms with Crippen LogP contribution in [0.2, 0.25) is 0 Å². The molecule has 2 aromatic rings. The van der Waals surface area contributed by atoms with E-state index in [1.807, 2.05) is 0 Å². The number of rotatable bonds is 6. The zero-order valence-corrected chi connectivity index (χ0v) is 12.6. The molecule has 0 aliphatic rings. The number of nitrogens with one attached hydrogen (secondary N) is 1. The fourth-order valence-electron chi connectivity index (χ4n) is 1.73. The number of ether oxygens (including phenoxy) is 1. The lowest BCUT2D eigenvalue weighted by Gasteiger charge is -2.05. The number of hydrogen-bond donors (Lipinski definition) is 1. The topological polar surface area (TPSA) is 47.0 Å². The fourth-order valence-corrected chi connectivity index (χ4v) is 2.59. The third-order valence-electron chi connectivity index (χ3n) is 2.76. The van der Waals surface area contributed by atoms with Gasteiger partial charge >= 0.3 is 0 Å². The molecule has 0 saturated carbocycles. The summed E-state index contributed by atoms with van der Waals surface area (Å²) < 4.78 is 18.9. The number of nitrogens with zero attached hydrogens (tertiary/aromatic N) is 2. The molecule has 0 aliphatic heterocycles. The second kappa shape index (κ2) is 6.76. The predicted octanol–water partition coefficient (Wildman–Crippen LogP) is 2.89. The van der Waals surface area contributed by atoms with Gasteiger partial charge in [0.05, 0.1) is 7.11 Å². The molecule has 20 heavy (non-hydrogen) atoms. The van der Waals surface area contributed by atoms with Gasteiger partial charge in [-0.1, -0.05) is 25.2 Å². The molecule has 108 valence electrons. The quantitative estimate of drug-likeness (QED) is 0.890. The molecule has 0 aliphatic carbocycles. The highest BCUT2D eigenvalue weighted by atomic mass is 32.1. The fraction of sp³-hybridized carbons (Fsp3) is 0.429. The molecule has 0 fully saturated rings. The van der Waals surface area contributed by atoms with Crippen molar-refractivity contribution in [2.75, 3.05) is 13.7 Å². The number of halogens is 1. The molecule has 0 saturated heterocycles. The Bertz CT molecular complexity index is 571. The molecule has 6 heteroatoms. The van der Waals surface area contributed by atoms with Crippen LogP contribution in [0.25, 0.3) is 10.6 Å². The van der Waals surface area contributed by atoms with Crippen LogP contribution in [0.15, 0.2) is 18.2 Å². The molecule has 1 aromatic heterocycles. The SMILES string of the molecule is COc1ccc(-c2nnc(CCNC(C)C)s2)c(F)c1. The van der Waals surface area contributed by atoms with Crippen LogP contribution in [0.3, 0.4) is 0 Å². The summed E-state index contributed by atoms with van der Waals surface area (Å²) in [6, 6.07) is 5.20. The van der Waals surface area contributed by atoms with Crippen molar-refractivity contribution < 1.29 is 9.13 Å². The van der Waals surface area contributed by atoms with Gasteiger partial charge < -0.3 is 10.1 Å². The van der Waals surface area contributed by atoms with E-state index in [4.69, 9.17) is 4.74 Å². The van der Waals surface area contributed by atoms with Gasteiger partial charge in [0.1, 0.15) is 16.6 Å². The number of hydrogen-bond acceptors (Lipinski definition) is 5. The van der Waals surface area contributed by atoms with Crippen molar-refractivity contribution in [3.63, 3.8) is 0 Å². The van der Waals surface area contributed by atoms with Crippen LogP contribution in [-0.2, 0) is 6.42 Å². The average Bonchev–Trinajstić information content (AvgIpc) is 2.86. The van der Waals surface area contributed by atoms with Crippen molar-refractivity contribution in [3.05, 3.63) is 29.0 Å². The largest absolute Gasteiger partial charge is 0.497 e. The van der Waals surface area contributed by atoms with E-state index in [9.17, 15) is 4.39 Å². The first-order chi connectivity index (χ1) is 9.60. The molecule has 2 rings (SSSR count). The minimum Gasteiger partial charge on any atom is -0.497 e. The van der Waals surface area contributed by atoms with Crippen LogP contribution in [0.5, 0.6) is 5.75 Å². The molecule has 4 nitrogen and oxygen atoms in total. The lowest BCUT2D eigenvalue weighted by atomic mass is 10.2. The van der Waals surface area contributed by atoms with Gasteiger partial charge in [-0.05, 0) is 12.1 Å². The third kappa shape index (κ3) is 3.74. The highest BCUT2D eigenvalue weighted by molar-refractivity contribution is 7.14. The monoisotopic (exact) mass is 295 g/mol. The van der Waals surface area contributed by atoms with E-state index in [0.717, 1.165) is 18.0 Å². The van der Waals surface area contributed by atoms with Crippen molar-refractivity contribution in [2.45, 2.75) is 26.3 Å². The van der Waals surface area contributed by atoms with Gasteiger partial charge in [0.2, 0.25) is 0 Å². The Morgan fingerprint density at radius 2 is 2.15 bits per heavy atom. The standard InChI is InChI=1S/C14H18FN3OS/c1-9(2)16-7-6-13-17-18-14(20-13)11-5-4-10(19-3)8-12(11)15/h4-5,8-9,16H,6-7H2,1-3H3. The van der Waals surface area contributed by atoms with E-state index in [2.05, 4.69) is 29.4 Å². The van der Waals surface area contributed by atoms with Crippen LogP contribution in [0.1, 0.15) is 18.9 Å². The van der Waals surface area contributed by atoms with E-state index in [0.29, 0.717) is 22.4 Å². The van der Waals surface area contributed by atoms with Gasteiger partial charge in [-0.15, -0.1) is 10.2 Å². The first kappa shape index (κ1) is 14.9. The van der Waals surface area contributed by atoms with Crippen LogP contribution in [-0.4, -0.2) is 29.9 Å². The minimum absolute atomic E-state index is 0.340. The van der Waals surface area contributed by atoms with Gasteiger partial charge in [0, 0.05) is 30.6 Å². The van der Waals surface area contributed by atoms with Gasteiger partial charge in [-0.2, -0.15) is 0 Å². The summed E-state index contributed by atoms with van der Waals surface area (Å²) >= 11 is 1.42. The molecular formula is C14H18FN3OS. The maximum atomic E-state index is 13.9. The van der Waals surface area contributed by atoms with Crippen molar-refractivity contribution in [3.8, 4) is 16.3 Å². The molecule has 0 bridgehead atoms. The highest BCUT2D eigenvalue weighted by Crippen LogP contribution is 2.28. The van der Waals surface area contributed by atoms with Gasteiger partial charge in [-0.25, -0.2) is 4.39 Å². The Morgan fingerprint density at radius 3 is 2.80 bits per heavy atom. The van der Waals surface area contributed by atoms with Crippen molar-refractivity contribution in [1.29, 1.82) is 0 Å². The number of aromatic nitrogens is 2. The van der Waals surface area contributed by atoms with Crippen LogP contribution in [0.4, 0.5) is 4.39 Å². The van der Waals surface area contributed by atoms with Gasteiger partial charge in [0.25, 0.3) is 0 Å². The molecule has 1 N–H and O–H groups in total. The number of methoxy groups -OCH3 is 1. The zero-order valence-electron chi connectivity index (χ0n) is 11.8. The molecule has 0 unspecified atom stereocenters. The maximum absolute atomic E-state index is 13.9. The Balaban J connectivity index is 2.08. The van der Waals surface area contributed by atoms with Crippen molar-refractivity contribution >= 4 is 11.3 Å². The Labute approximate surface area is 122 Å². The minimum atomic E-state index is -0.340. The normalized spacial score (nSPS) is 11.1. The van der Waals surface area contributed by atoms with E-state index in [1.165, 1.54) is 24.5 Å². The molecule has 0 spiro atoms. The van der Waals surface area contributed by atoms with Gasteiger partial charge in [0.15, 0.2) is 5.01 Å². The van der Waals surface area contributed by atoms with Crippen LogP contribution in [0, 0.1) is 5.82 Å². The Morgan fingerprint density at radius 1 is 1.35 bits per heavy atom. The van der Waals surface area contributed by atoms with Crippen molar-refractivity contribution in [1.82, 2.24) is 15.5 Å². The zero-order chi connectivity index (χ0) is 14.5. The van der Waals surface area contributed by atoms with E-state index >= 15 is 0 Å². The molecule has 0 amide bonds. The lowest BCUT2D eigenvalue weighted by Crippen LogP contribution is -2.24. The van der Waals surface area contributed by atoms with Crippen LogP contribution < -0.4 is 10.1 Å². The molecule has 1 aromatic carbocycles. The Hall–Kier alpha value is -1.53. The average molecular weight is 295 g/mol. The Kier molecular flexibility index (Phi) is 5.03. The summed E-state index contributed by atoms with van der Waals surface area (Å²) in [6.45, 7) is 5.04. The number of benzene rings is 1. The van der Waals surface area contributed by atoms with E-state index in [-0.39, 0.29) is 5.82 Å². The van der Waals surface area contributed by atoms with Crippen LogP contribution >= 0.6 is 11.3 Å². The predicted molar refractivity (Wildman–Crippen MR) is 78.7 cm³/mol. The first-order valence-corrected chi connectivity index (χ1v) is 7.31. The second-order valence-corrected chi connectivity index (χ2v) is 5.77. The summed E-state index contributed by atoms with van der Waals surface area (Å²) in [5.41, 5.74) is 0.464. The highest BCUT2D eigenvalue weighted by Gasteiger charge is 2.12. The summed E-state index contributed by atoms with van der Waals surface area (Å²) in [5.74, 6) is 0.157. The van der Waals surface area contributed by atoms with Crippen molar-refractivity contribution in [2.24, 2.45) is 0 Å². The molecular weight excluding hydrogens is 277 g/mol. The van der Waals surface area contributed by atoms with E-state index in [1.54, 1.807) is 12.1 Å². The summed E-state index contributed by atoms with van der Waals surface area (Å²) in [4.78, 5) is 0. The molecule has 0 atom stereocenters. The second-order valence-electron chi connectivity index (χ2n) is 4.71. The maximum Gasteiger partial charge on any atom is 0.150 e. The lowest BCUT2D eigenvalue weighted by molar-refractivity contribution is 0.411. The molecule has 1 heterocycles. The van der Waals surface area contributed by atoms with Gasteiger partial charge in [-0.3, -0.25) is 0 Å². The summed E-state index contributed by atoms with van der Waals surface area (Å²) in [6.07, 6.45) is 0.799. The summed E-state index contributed by atoms with van der Waals surface area (Å²) in [7, 11) is 1.51.